The molecular weight excluding hydrogens is 395 g/mol. The van der Waals surface area contributed by atoms with Crippen LogP contribution in [0.15, 0.2) is 78.9 Å². The van der Waals surface area contributed by atoms with E-state index in [9.17, 15) is 14.0 Å². The van der Waals surface area contributed by atoms with Crippen LogP contribution in [-0.4, -0.2) is 18.9 Å². The number of rotatable bonds is 7. The molecule has 5 nitrogen and oxygen atoms in total. The van der Waals surface area contributed by atoms with E-state index in [1.165, 1.54) is 30.3 Å². The van der Waals surface area contributed by atoms with Crippen molar-refractivity contribution in [3.8, 4) is 5.75 Å². The second-order valence-corrected chi connectivity index (χ2v) is 6.89. The maximum Gasteiger partial charge on any atom is 0.255 e. The third kappa shape index (κ3) is 6.02. The molecule has 0 aliphatic carbocycles. The summed E-state index contributed by atoms with van der Waals surface area (Å²) < 4.78 is 18.3. The summed E-state index contributed by atoms with van der Waals surface area (Å²) in [5.41, 5.74) is 2.67. The molecule has 158 valence electrons. The Morgan fingerprint density at radius 1 is 0.968 bits per heavy atom. The number of methoxy groups -OCH3 is 1. The van der Waals surface area contributed by atoms with Crippen molar-refractivity contribution in [3.63, 3.8) is 0 Å². The summed E-state index contributed by atoms with van der Waals surface area (Å²) in [6.07, 6.45) is 3.17. The zero-order chi connectivity index (χ0) is 22.2. The van der Waals surface area contributed by atoms with Gasteiger partial charge >= 0.3 is 0 Å². The fraction of sp³-hybridized carbons (Fsp3) is 0.120. The largest absolute Gasteiger partial charge is 0.496 e. The SMILES string of the molecule is COc1ccccc1/C=C/C(=O)NC(C)c1ccc(NC(=O)c2ccc(F)cc2)cc1. The van der Waals surface area contributed by atoms with E-state index in [0.29, 0.717) is 17.0 Å². The Balaban J connectivity index is 1.57. The van der Waals surface area contributed by atoms with Crippen molar-refractivity contribution in [2.45, 2.75) is 13.0 Å². The van der Waals surface area contributed by atoms with Crippen LogP contribution >= 0.6 is 0 Å². The number of benzene rings is 3. The zero-order valence-corrected chi connectivity index (χ0v) is 17.3. The van der Waals surface area contributed by atoms with Crippen LogP contribution in [0, 0.1) is 5.82 Å². The third-order valence-corrected chi connectivity index (χ3v) is 4.69. The van der Waals surface area contributed by atoms with Gasteiger partial charge in [-0.05, 0) is 61.0 Å². The molecule has 0 aromatic heterocycles. The Hall–Kier alpha value is -3.93. The van der Waals surface area contributed by atoms with Gasteiger partial charge in [-0.3, -0.25) is 9.59 Å². The Bertz CT molecular complexity index is 1080. The summed E-state index contributed by atoms with van der Waals surface area (Å²) in [7, 11) is 1.58. The highest BCUT2D eigenvalue weighted by molar-refractivity contribution is 6.04. The van der Waals surface area contributed by atoms with Gasteiger partial charge in [-0.25, -0.2) is 4.39 Å². The first-order valence-electron chi connectivity index (χ1n) is 9.75. The molecule has 2 amide bonds. The van der Waals surface area contributed by atoms with Gasteiger partial charge in [0.1, 0.15) is 11.6 Å². The lowest BCUT2D eigenvalue weighted by atomic mass is 10.1. The highest BCUT2D eigenvalue weighted by Crippen LogP contribution is 2.19. The predicted molar refractivity (Wildman–Crippen MR) is 119 cm³/mol. The van der Waals surface area contributed by atoms with Gasteiger partial charge in [-0.2, -0.15) is 0 Å². The lowest BCUT2D eigenvalue weighted by Crippen LogP contribution is -2.24. The Morgan fingerprint density at radius 3 is 2.32 bits per heavy atom. The molecule has 0 saturated heterocycles. The van der Waals surface area contributed by atoms with Crippen molar-refractivity contribution >= 4 is 23.6 Å². The first kappa shape index (κ1) is 21.8. The van der Waals surface area contributed by atoms with Crippen LogP contribution in [0.2, 0.25) is 0 Å². The van der Waals surface area contributed by atoms with Gasteiger partial charge in [-0.1, -0.05) is 30.3 Å². The third-order valence-electron chi connectivity index (χ3n) is 4.69. The average Bonchev–Trinajstić information content (AvgIpc) is 2.78. The highest BCUT2D eigenvalue weighted by Gasteiger charge is 2.10. The highest BCUT2D eigenvalue weighted by atomic mass is 19.1. The van der Waals surface area contributed by atoms with E-state index in [-0.39, 0.29) is 17.9 Å². The fourth-order valence-electron chi connectivity index (χ4n) is 2.97. The Labute approximate surface area is 180 Å². The Kier molecular flexibility index (Phi) is 7.17. The molecule has 3 aromatic rings. The average molecular weight is 418 g/mol. The van der Waals surface area contributed by atoms with Gasteiger partial charge in [-0.15, -0.1) is 0 Å². The van der Waals surface area contributed by atoms with Crippen LogP contribution in [-0.2, 0) is 4.79 Å². The fourth-order valence-corrected chi connectivity index (χ4v) is 2.97. The van der Waals surface area contributed by atoms with E-state index >= 15 is 0 Å². The first-order chi connectivity index (χ1) is 15.0. The lowest BCUT2D eigenvalue weighted by molar-refractivity contribution is -0.117. The van der Waals surface area contributed by atoms with Crippen molar-refractivity contribution in [3.05, 3.63) is 101 Å². The quantitative estimate of drug-likeness (QED) is 0.532. The number of para-hydroxylation sites is 1. The molecule has 0 radical (unpaired) electrons. The zero-order valence-electron chi connectivity index (χ0n) is 17.3. The van der Waals surface area contributed by atoms with Crippen molar-refractivity contribution in [1.82, 2.24) is 5.32 Å². The standard InChI is InChI=1S/C25H23FN2O3/c1-17(27-24(29)16-11-19-5-3-4-6-23(19)31-2)18-9-14-22(15-10-18)28-25(30)20-7-12-21(26)13-8-20/h3-17H,1-2H3,(H,27,29)(H,28,30)/b16-11+. The summed E-state index contributed by atoms with van der Waals surface area (Å²) in [6.45, 7) is 1.88. The number of hydrogen-bond donors (Lipinski definition) is 2. The van der Waals surface area contributed by atoms with Crippen molar-refractivity contribution in [2.75, 3.05) is 12.4 Å². The predicted octanol–water partition coefficient (Wildman–Crippen LogP) is 4.98. The van der Waals surface area contributed by atoms with Gasteiger partial charge in [0.25, 0.3) is 5.91 Å². The molecule has 3 rings (SSSR count). The molecular formula is C25H23FN2O3. The molecule has 2 N–H and O–H groups in total. The van der Waals surface area contributed by atoms with E-state index in [0.717, 1.165) is 11.1 Å². The number of hydrogen-bond acceptors (Lipinski definition) is 3. The van der Waals surface area contributed by atoms with Crippen LogP contribution in [0.5, 0.6) is 5.75 Å². The van der Waals surface area contributed by atoms with Gasteiger partial charge in [0.05, 0.1) is 13.2 Å². The number of nitrogens with one attached hydrogen (secondary N) is 2. The van der Waals surface area contributed by atoms with Crippen LogP contribution in [0.3, 0.4) is 0 Å². The summed E-state index contributed by atoms with van der Waals surface area (Å²) >= 11 is 0. The minimum atomic E-state index is -0.394. The van der Waals surface area contributed by atoms with Crippen LogP contribution < -0.4 is 15.4 Å². The molecule has 0 bridgehead atoms. The number of anilines is 1. The molecule has 0 aliphatic rings. The smallest absolute Gasteiger partial charge is 0.255 e. The summed E-state index contributed by atoms with van der Waals surface area (Å²) in [6, 6.07) is 19.7. The molecule has 3 aromatic carbocycles. The monoisotopic (exact) mass is 418 g/mol. The number of halogens is 1. The van der Waals surface area contributed by atoms with E-state index in [1.807, 2.05) is 43.3 Å². The van der Waals surface area contributed by atoms with E-state index < -0.39 is 5.82 Å². The molecule has 0 spiro atoms. The number of carbonyl (C=O) groups excluding carboxylic acids is 2. The van der Waals surface area contributed by atoms with Gasteiger partial charge < -0.3 is 15.4 Å². The summed E-state index contributed by atoms with van der Waals surface area (Å²) in [5.74, 6) is -0.254. The van der Waals surface area contributed by atoms with Crippen molar-refractivity contribution in [1.29, 1.82) is 0 Å². The van der Waals surface area contributed by atoms with Crippen LogP contribution in [0.25, 0.3) is 6.08 Å². The molecule has 31 heavy (non-hydrogen) atoms. The maximum absolute atomic E-state index is 13.0. The van der Waals surface area contributed by atoms with Crippen LogP contribution in [0.4, 0.5) is 10.1 Å². The summed E-state index contributed by atoms with van der Waals surface area (Å²) in [5, 5.41) is 5.67. The normalized spacial score (nSPS) is 11.7. The van der Waals surface area contributed by atoms with Crippen molar-refractivity contribution < 1.29 is 18.7 Å². The first-order valence-corrected chi connectivity index (χ1v) is 9.75. The van der Waals surface area contributed by atoms with Gasteiger partial charge in [0.2, 0.25) is 5.91 Å². The molecule has 6 heteroatoms. The molecule has 0 aliphatic heterocycles. The van der Waals surface area contributed by atoms with E-state index in [4.69, 9.17) is 4.74 Å². The lowest BCUT2D eigenvalue weighted by Gasteiger charge is -2.14. The maximum atomic E-state index is 13.0. The molecule has 1 unspecified atom stereocenters. The van der Waals surface area contributed by atoms with Crippen LogP contribution in [0.1, 0.15) is 34.5 Å². The van der Waals surface area contributed by atoms with Crippen molar-refractivity contribution in [2.24, 2.45) is 0 Å². The van der Waals surface area contributed by atoms with Gasteiger partial charge in [0, 0.05) is 22.9 Å². The molecule has 0 fully saturated rings. The minimum Gasteiger partial charge on any atom is -0.496 e. The number of carbonyl (C=O) groups is 2. The second kappa shape index (κ2) is 10.2. The molecule has 1 atom stereocenters. The molecule has 0 saturated carbocycles. The topological polar surface area (TPSA) is 67.4 Å². The number of amides is 2. The summed E-state index contributed by atoms with van der Waals surface area (Å²) in [4.78, 5) is 24.5. The van der Waals surface area contributed by atoms with Gasteiger partial charge in [0.15, 0.2) is 0 Å². The van der Waals surface area contributed by atoms with E-state index in [1.54, 1.807) is 25.3 Å². The minimum absolute atomic E-state index is 0.225. The Morgan fingerprint density at radius 2 is 1.65 bits per heavy atom. The molecule has 0 heterocycles. The second-order valence-electron chi connectivity index (χ2n) is 6.89. The van der Waals surface area contributed by atoms with E-state index in [2.05, 4.69) is 10.6 Å². The number of ether oxygens (including phenoxy) is 1.